The van der Waals surface area contributed by atoms with Crippen LogP contribution >= 0.6 is 0 Å². The minimum atomic E-state index is -4.67. The van der Waals surface area contributed by atoms with Crippen LogP contribution in [0, 0.1) is 0 Å². The Morgan fingerprint density at radius 2 is 0.806 bits per heavy atom. The van der Waals surface area contributed by atoms with E-state index in [-0.39, 0.29) is 0 Å². The van der Waals surface area contributed by atoms with Gasteiger partial charge in [0.15, 0.2) is 0 Å². The maximum Gasteiger partial charge on any atom is 0.394 e. The molecule has 2 N–H and O–H groups in total. The summed E-state index contributed by atoms with van der Waals surface area (Å²) in [5.41, 5.74) is 1.58. The van der Waals surface area contributed by atoms with Crippen LogP contribution in [0.5, 0.6) is 0 Å². The number of benzene rings is 1. The van der Waals surface area contributed by atoms with Crippen molar-refractivity contribution in [2.75, 3.05) is 19.6 Å². The lowest BCUT2D eigenvalue weighted by molar-refractivity contribution is 0.252. The smallest absolute Gasteiger partial charge is 0.291 e. The van der Waals surface area contributed by atoms with Crippen molar-refractivity contribution >= 4 is 16.1 Å². The first-order valence-electron chi connectivity index (χ1n) is 14.9. The minimum absolute atomic E-state index is 1.25. The van der Waals surface area contributed by atoms with Gasteiger partial charge in [-0.3, -0.25) is 13.6 Å². The molecule has 0 aromatic heterocycles. The van der Waals surface area contributed by atoms with Crippen molar-refractivity contribution in [1.82, 2.24) is 4.48 Å². The molecule has 0 heterocycles. The van der Waals surface area contributed by atoms with Gasteiger partial charge in [-0.25, -0.2) is 0 Å². The zero-order chi connectivity index (χ0) is 27.0. The number of hydrogen-bond donors (Lipinski definition) is 2. The fourth-order valence-corrected chi connectivity index (χ4v) is 5.05. The van der Waals surface area contributed by atoms with Crippen molar-refractivity contribution in [3.05, 3.63) is 30.3 Å². The molecule has 0 saturated carbocycles. The van der Waals surface area contributed by atoms with Gasteiger partial charge in [-0.2, -0.15) is 8.42 Å². The average Bonchev–Trinajstić information content (AvgIpc) is 2.84. The van der Waals surface area contributed by atoms with Gasteiger partial charge in [-0.1, -0.05) is 116 Å². The Labute approximate surface area is 224 Å². The third-order valence-electron chi connectivity index (χ3n) is 7.12. The highest BCUT2D eigenvalue weighted by atomic mass is 32.3. The van der Waals surface area contributed by atoms with Crippen LogP contribution < -0.4 is 4.48 Å². The van der Waals surface area contributed by atoms with Gasteiger partial charge in [0.2, 0.25) is 0 Å². The van der Waals surface area contributed by atoms with Crippen LogP contribution in [0.25, 0.3) is 0 Å². The minimum Gasteiger partial charge on any atom is -0.291 e. The van der Waals surface area contributed by atoms with Gasteiger partial charge in [0.05, 0.1) is 19.6 Å². The van der Waals surface area contributed by atoms with Crippen molar-refractivity contribution < 1.29 is 17.5 Å². The van der Waals surface area contributed by atoms with Gasteiger partial charge in [-0.15, -0.1) is 0 Å². The Morgan fingerprint density at radius 3 is 1.11 bits per heavy atom. The fraction of sp³-hybridized carbons (Fsp3) is 0.800. The van der Waals surface area contributed by atoms with E-state index in [2.05, 4.69) is 51.1 Å². The lowest BCUT2D eigenvalue weighted by atomic mass is 10.0. The van der Waals surface area contributed by atoms with E-state index in [4.69, 9.17) is 17.5 Å². The molecule has 1 rings (SSSR count). The largest absolute Gasteiger partial charge is 0.394 e. The van der Waals surface area contributed by atoms with E-state index in [1.54, 1.807) is 5.69 Å². The number of quaternary nitrogens is 1. The first-order chi connectivity index (χ1) is 17.3. The molecular formula is C30H58NO4S+. The fourth-order valence-electron chi connectivity index (χ4n) is 5.05. The van der Waals surface area contributed by atoms with E-state index < -0.39 is 10.4 Å². The number of rotatable bonds is 22. The molecule has 0 saturated heterocycles. The van der Waals surface area contributed by atoms with Crippen molar-refractivity contribution in [1.29, 1.82) is 0 Å². The summed E-state index contributed by atoms with van der Waals surface area (Å²) in [5.74, 6) is 0. The van der Waals surface area contributed by atoms with Crippen molar-refractivity contribution in [3.63, 3.8) is 0 Å². The normalized spacial score (nSPS) is 11.8. The second-order valence-corrected chi connectivity index (χ2v) is 11.3. The van der Waals surface area contributed by atoms with Crippen LogP contribution in [0.4, 0.5) is 5.69 Å². The molecule has 0 spiro atoms. The molecule has 1 aromatic carbocycles. The van der Waals surface area contributed by atoms with Crippen LogP contribution in [0.15, 0.2) is 30.3 Å². The van der Waals surface area contributed by atoms with Gasteiger partial charge < -0.3 is 0 Å². The van der Waals surface area contributed by atoms with Crippen LogP contribution in [0.1, 0.15) is 136 Å². The molecule has 0 aliphatic heterocycles. The summed E-state index contributed by atoms with van der Waals surface area (Å²) in [6.45, 7) is 11.0. The number of nitrogens with zero attached hydrogens (tertiary/aromatic N) is 1. The first kappa shape index (κ1) is 35.0. The SMILES string of the molecule is CCCCCCCC[N+](CCCCCCCC)(CCCCCCCC)c1ccccc1.O=S(=O)(O)O. The van der Waals surface area contributed by atoms with Crippen molar-refractivity contribution in [2.45, 2.75) is 136 Å². The number of para-hydroxylation sites is 1. The summed E-state index contributed by atoms with van der Waals surface area (Å²) in [6.07, 6.45) is 25.3. The number of hydrogen-bond acceptors (Lipinski definition) is 2. The summed E-state index contributed by atoms with van der Waals surface area (Å²) in [5, 5.41) is 0. The quantitative estimate of drug-likeness (QED) is 0.0892. The first-order valence-corrected chi connectivity index (χ1v) is 16.3. The molecule has 0 aliphatic carbocycles. The molecule has 36 heavy (non-hydrogen) atoms. The third-order valence-corrected chi connectivity index (χ3v) is 7.12. The standard InChI is InChI=1S/C30H56N.H2O4S/c1-4-7-10-13-16-22-27-31(30-25-20-19-21-26-30,28-23-17-14-11-8-5-2)29-24-18-15-12-9-6-3;1-5(2,3)4/h19-21,25-26H,4-18,22-24,27-29H2,1-3H3;(H2,1,2,3,4)/q+1;. The van der Waals surface area contributed by atoms with Gasteiger partial charge >= 0.3 is 10.4 Å². The predicted molar refractivity (Wildman–Crippen MR) is 157 cm³/mol. The molecule has 0 atom stereocenters. The zero-order valence-electron chi connectivity index (χ0n) is 23.8. The van der Waals surface area contributed by atoms with Crippen molar-refractivity contribution in [3.8, 4) is 0 Å². The zero-order valence-corrected chi connectivity index (χ0v) is 24.6. The Kier molecular flexibility index (Phi) is 22.6. The molecule has 1 aromatic rings. The molecule has 6 heteroatoms. The summed E-state index contributed by atoms with van der Waals surface area (Å²) >= 11 is 0. The van der Waals surface area contributed by atoms with Crippen LogP contribution in [0.3, 0.4) is 0 Å². The maximum absolute atomic E-state index is 8.74. The van der Waals surface area contributed by atoms with Gasteiger partial charge in [0, 0.05) is 0 Å². The Hall–Kier alpha value is -0.950. The lowest BCUT2D eigenvalue weighted by Crippen LogP contribution is -2.51. The lowest BCUT2D eigenvalue weighted by Gasteiger charge is -2.39. The van der Waals surface area contributed by atoms with Crippen LogP contribution in [-0.4, -0.2) is 37.2 Å². The Bertz CT molecular complexity index is 645. The van der Waals surface area contributed by atoms with E-state index >= 15 is 0 Å². The van der Waals surface area contributed by atoms with Gasteiger partial charge in [-0.05, 0) is 50.7 Å². The monoisotopic (exact) mass is 528 g/mol. The highest BCUT2D eigenvalue weighted by Gasteiger charge is 2.29. The molecule has 212 valence electrons. The molecule has 0 radical (unpaired) electrons. The van der Waals surface area contributed by atoms with Crippen LogP contribution in [0.2, 0.25) is 0 Å². The van der Waals surface area contributed by atoms with E-state index in [0.29, 0.717) is 0 Å². The average molecular weight is 529 g/mol. The van der Waals surface area contributed by atoms with Gasteiger partial charge in [0.1, 0.15) is 5.69 Å². The summed E-state index contributed by atoms with van der Waals surface area (Å²) in [6, 6.07) is 11.6. The molecule has 0 aliphatic rings. The molecule has 5 nitrogen and oxygen atoms in total. The van der Waals surface area contributed by atoms with E-state index in [0.717, 1.165) is 0 Å². The molecule has 0 bridgehead atoms. The molecular weight excluding hydrogens is 470 g/mol. The molecule has 0 unspecified atom stereocenters. The van der Waals surface area contributed by atoms with E-state index in [9.17, 15) is 0 Å². The maximum atomic E-state index is 8.74. The highest BCUT2D eigenvalue weighted by molar-refractivity contribution is 7.79. The molecule has 0 fully saturated rings. The summed E-state index contributed by atoms with van der Waals surface area (Å²) in [4.78, 5) is 0. The second kappa shape index (κ2) is 23.2. The third kappa shape index (κ3) is 21.2. The van der Waals surface area contributed by atoms with Crippen molar-refractivity contribution in [2.24, 2.45) is 0 Å². The highest BCUT2D eigenvalue weighted by Crippen LogP contribution is 2.27. The summed E-state index contributed by atoms with van der Waals surface area (Å²) in [7, 11) is -4.67. The Balaban J connectivity index is 0.00000222. The van der Waals surface area contributed by atoms with Gasteiger partial charge in [0.25, 0.3) is 0 Å². The Morgan fingerprint density at radius 1 is 0.528 bits per heavy atom. The van der Waals surface area contributed by atoms with E-state index in [1.165, 1.54) is 140 Å². The second-order valence-electron chi connectivity index (χ2n) is 10.4. The molecule has 0 amide bonds. The predicted octanol–water partition coefficient (Wildman–Crippen LogP) is 9.42. The van der Waals surface area contributed by atoms with Crippen LogP contribution in [-0.2, 0) is 10.4 Å². The summed E-state index contributed by atoms with van der Waals surface area (Å²) < 4.78 is 32.8. The topological polar surface area (TPSA) is 74.6 Å². The van der Waals surface area contributed by atoms with E-state index in [1.807, 2.05) is 0 Å². The number of unbranched alkanes of at least 4 members (excludes halogenated alkanes) is 15.